The van der Waals surface area contributed by atoms with Crippen LogP contribution in [0.1, 0.15) is 13.8 Å². The number of rotatable bonds is 4. The highest BCUT2D eigenvalue weighted by molar-refractivity contribution is 7.81. The molecule has 0 aliphatic carbocycles. The van der Waals surface area contributed by atoms with Crippen LogP contribution in [-0.4, -0.2) is 44.7 Å². The van der Waals surface area contributed by atoms with Gasteiger partial charge < -0.3 is 21.7 Å². The van der Waals surface area contributed by atoms with E-state index in [1.165, 1.54) is 0 Å². The van der Waals surface area contributed by atoms with Gasteiger partial charge in [-0.05, 0) is 13.8 Å². The summed E-state index contributed by atoms with van der Waals surface area (Å²) < 4.78 is -0.647. The van der Waals surface area contributed by atoms with E-state index in [-0.39, 0.29) is 5.75 Å². The molecule has 0 heterocycles. The third-order valence-electron chi connectivity index (χ3n) is 1.54. The SMILES string of the molecule is CC(C)(S)[C@@H](N)C(=O)O.N[C@@H](CS)C(=O)O. The molecule has 0 spiro atoms. The Labute approximate surface area is 105 Å². The van der Waals surface area contributed by atoms with Crippen molar-refractivity contribution in [2.75, 3.05) is 5.75 Å². The molecule has 0 saturated heterocycles. The first kappa shape index (κ1) is 17.9. The molecule has 0 rings (SSSR count). The zero-order chi connectivity index (χ0) is 13.5. The number of carboxylic acids is 2. The lowest BCUT2D eigenvalue weighted by molar-refractivity contribution is -0.139. The van der Waals surface area contributed by atoms with E-state index in [1.807, 2.05) is 0 Å². The van der Waals surface area contributed by atoms with Crippen LogP contribution in [0.3, 0.4) is 0 Å². The van der Waals surface area contributed by atoms with Crippen LogP contribution in [0.5, 0.6) is 0 Å². The Morgan fingerprint density at radius 3 is 1.62 bits per heavy atom. The summed E-state index contributed by atoms with van der Waals surface area (Å²) in [5.74, 6) is -1.83. The summed E-state index contributed by atoms with van der Waals surface area (Å²) in [6, 6.07) is -1.72. The van der Waals surface area contributed by atoms with Gasteiger partial charge in [-0.3, -0.25) is 9.59 Å². The number of carboxylic acid groups (broad SMARTS) is 2. The minimum Gasteiger partial charge on any atom is -0.480 e. The van der Waals surface area contributed by atoms with Crippen molar-refractivity contribution in [2.24, 2.45) is 11.5 Å². The predicted octanol–water partition coefficient (Wildman–Crippen LogP) is -0.565. The van der Waals surface area contributed by atoms with Gasteiger partial charge in [0.25, 0.3) is 0 Å². The fourth-order valence-corrected chi connectivity index (χ4v) is 0.647. The maximum atomic E-state index is 10.2. The monoisotopic (exact) mass is 270 g/mol. The zero-order valence-electron chi connectivity index (χ0n) is 9.12. The van der Waals surface area contributed by atoms with E-state index in [0.717, 1.165) is 0 Å². The molecule has 16 heavy (non-hydrogen) atoms. The highest BCUT2D eigenvalue weighted by Gasteiger charge is 2.27. The van der Waals surface area contributed by atoms with Crippen LogP contribution < -0.4 is 11.5 Å². The van der Waals surface area contributed by atoms with Crippen LogP contribution in [0.4, 0.5) is 0 Å². The molecule has 8 heteroatoms. The molecule has 0 aliphatic rings. The average Bonchev–Trinajstić information content (AvgIpc) is 2.14. The van der Waals surface area contributed by atoms with Crippen molar-refractivity contribution in [3.63, 3.8) is 0 Å². The predicted molar refractivity (Wildman–Crippen MR) is 68.1 cm³/mol. The number of carbonyl (C=O) groups is 2. The molecule has 0 bridgehead atoms. The maximum Gasteiger partial charge on any atom is 0.321 e. The molecule has 96 valence electrons. The van der Waals surface area contributed by atoms with Crippen molar-refractivity contribution >= 4 is 37.2 Å². The van der Waals surface area contributed by atoms with E-state index >= 15 is 0 Å². The molecule has 0 aromatic rings. The summed E-state index contributed by atoms with van der Waals surface area (Å²) in [6.07, 6.45) is 0. The number of hydrogen-bond acceptors (Lipinski definition) is 6. The lowest BCUT2D eigenvalue weighted by Crippen LogP contribution is -2.45. The Kier molecular flexibility index (Phi) is 8.71. The molecule has 0 unspecified atom stereocenters. The van der Waals surface area contributed by atoms with Crippen LogP contribution in [-0.2, 0) is 9.59 Å². The fraction of sp³-hybridized carbons (Fsp3) is 0.750. The van der Waals surface area contributed by atoms with Gasteiger partial charge in [-0.25, -0.2) is 0 Å². The van der Waals surface area contributed by atoms with E-state index in [9.17, 15) is 9.59 Å². The molecule has 2 atom stereocenters. The highest BCUT2D eigenvalue weighted by atomic mass is 32.1. The number of aliphatic carboxylic acids is 2. The maximum absolute atomic E-state index is 10.2. The van der Waals surface area contributed by atoms with Crippen LogP contribution in [0.15, 0.2) is 0 Å². The van der Waals surface area contributed by atoms with Crippen molar-refractivity contribution in [3.05, 3.63) is 0 Å². The van der Waals surface area contributed by atoms with Crippen LogP contribution in [0.2, 0.25) is 0 Å². The second-order valence-corrected chi connectivity index (χ2v) is 5.11. The van der Waals surface area contributed by atoms with Gasteiger partial charge in [0.1, 0.15) is 12.1 Å². The van der Waals surface area contributed by atoms with Gasteiger partial charge in [0.05, 0.1) is 0 Å². The summed E-state index contributed by atoms with van der Waals surface area (Å²) in [6.45, 7) is 3.32. The standard InChI is InChI=1S/C5H11NO2S.C3H7NO2S/c1-5(2,9)3(6)4(7)8;4-2(1-7)3(5)6/h3,9H,6H2,1-2H3,(H,7,8);2,7H,1,4H2,(H,5,6)/t3-;2-/m00/s1. The largest absolute Gasteiger partial charge is 0.480 e. The minimum atomic E-state index is -1.02. The van der Waals surface area contributed by atoms with Crippen molar-refractivity contribution < 1.29 is 19.8 Å². The molecule has 0 aromatic carbocycles. The number of thiol groups is 2. The van der Waals surface area contributed by atoms with Crippen LogP contribution in [0, 0.1) is 0 Å². The van der Waals surface area contributed by atoms with Crippen molar-refractivity contribution in [3.8, 4) is 0 Å². The molecular formula is C8H18N2O4S2. The minimum absolute atomic E-state index is 0.190. The lowest BCUT2D eigenvalue weighted by atomic mass is 10.1. The summed E-state index contributed by atoms with van der Waals surface area (Å²) in [4.78, 5) is 19.9. The van der Waals surface area contributed by atoms with Gasteiger partial charge in [0, 0.05) is 10.5 Å². The van der Waals surface area contributed by atoms with E-state index in [4.69, 9.17) is 21.7 Å². The summed E-state index contributed by atoms with van der Waals surface area (Å²) in [7, 11) is 0. The Balaban J connectivity index is 0. The molecule has 6 N–H and O–H groups in total. The Hall–Kier alpha value is -0.440. The van der Waals surface area contributed by atoms with Crippen molar-refractivity contribution in [2.45, 2.75) is 30.7 Å². The summed E-state index contributed by atoms with van der Waals surface area (Å²) >= 11 is 7.63. The molecule has 0 radical (unpaired) electrons. The topological polar surface area (TPSA) is 127 Å². The van der Waals surface area contributed by atoms with E-state index in [1.54, 1.807) is 13.8 Å². The van der Waals surface area contributed by atoms with Crippen molar-refractivity contribution in [1.29, 1.82) is 0 Å². The first-order chi connectivity index (χ1) is 7.03. The second-order valence-electron chi connectivity index (χ2n) is 3.60. The second kappa shape index (κ2) is 7.77. The third-order valence-corrected chi connectivity index (χ3v) is 2.21. The first-order valence-electron chi connectivity index (χ1n) is 4.34. The smallest absolute Gasteiger partial charge is 0.321 e. The molecule has 6 nitrogen and oxygen atoms in total. The molecule has 0 aromatic heterocycles. The average molecular weight is 270 g/mol. The van der Waals surface area contributed by atoms with E-state index < -0.39 is 28.8 Å². The van der Waals surface area contributed by atoms with Gasteiger partial charge in [-0.1, -0.05) is 0 Å². The Bertz CT molecular complexity index is 243. The lowest BCUT2D eigenvalue weighted by Gasteiger charge is -2.21. The third kappa shape index (κ3) is 8.84. The van der Waals surface area contributed by atoms with Crippen LogP contribution in [0.25, 0.3) is 0 Å². The highest BCUT2D eigenvalue weighted by Crippen LogP contribution is 2.15. The summed E-state index contributed by atoms with van der Waals surface area (Å²) in [5.41, 5.74) is 10.2. The van der Waals surface area contributed by atoms with Gasteiger partial charge in [-0.2, -0.15) is 25.3 Å². The molecular weight excluding hydrogens is 252 g/mol. The van der Waals surface area contributed by atoms with E-state index in [2.05, 4.69) is 25.3 Å². The van der Waals surface area contributed by atoms with E-state index in [0.29, 0.717) is 0 Å². The molecule has 0 saturated carbocycles. The molecule has 0 amide bonds. The quantitative estimate of drug-likeness (QED) is 0.380. The number of nitrogens with two attached hydrogens (primary N) is 2. The fourth-order valence-electron chi connectivity index (χ4n) is 0.380. The number of hydrogen-bond donors (Lipinski definition) is 6. The molecule has 0 fully saturated rings. The van der Waals surface area contributed by atoms with Gasteiger partial charge in [0.15, 0.2) is 0 Å². The Morgan fingerprint density at radius 2 is 1.62 bits per heavy atom. The summed E-state index contributed by atoms with van der Waals surface area (Å²) in [5, 5.41) is 16.4. The van der Waals surface area contributed by atoms with Crippen LogP contribution >= 0.6 is 25.3 Å². The van der Waals surface area contributed by atoms with Crippen molar-refractivity contribution in [1.82, 2.24) is 0 Å². The van der Waals surface area contributed by atoms with Gasteiger partial charge in [-0.15, -0.1) is 0 Å². The van der Waals surface area contributed by atoms with Gasteiger partial charge in [0.2, 0.25) is 0 Å². The molecule has 0 aliphatic heterocycles. The first-order valence-corrected chi connectivity index (χ1v) is 5.42. The van der Waals surface area contributed by atoms with Gasteiger partial charge >= 0.3 is 11.9 Å². The zero-order valence-corrected chi connectivity index (χ0v) is 10.9. The Morgan fingerprint density at radius 1 is 1.25 bits per heavy atom. The normalized spacial score (nSPS) is 14.4.